The first-order valence-corrected chi connectivity index (χ1v) is 10.8. The topological polar surface area (TPSA) is 35.5 Å². The van der Waals surface area contributed by atoms with Gasteiger partial charge in [-0.2, -0.15) is 0 Å². The fraction of sp³-hybridized carbons (Fsp3) is 0.385. The lowest BCUT2D eigenvalue weighted by molar-refractivity contribution is 0.288. The van der Waals surface area contributed by atoms with Gasteiger partial charge in [0.1, 0.15) is 0 Å². The number of rotatable bonds is 5. The van der Waals surface area contributed by atoms with Crippen LogP contribution in [0.5, 0.6) is 0 Å². The standard InChI is InChI=1S/C13H21O3PSi/c1-11(17(14,15-2)16-3)12-7-9-13(10-8-12)18(4,5)6/h7-10H,1H2,2-6H3. The summed E-state index contributed by atoms with van der Waals surface area (Å²) in [5, 5.41) is 1.75. The summed E-state index contributed by atoms with van der Waals surface area (Å²) in [6.07, 6.45) is 0. The van der Waals surface area contributed by atoms with Crippen molar-refractivity contribution >= 4 is 26.2 Å². The highest BCUT2D eigenvalue weighted by Gasteiger charge is 2.27. The summed E-state index contributed by atoms with van der Waals surface area (Å²) in [4.78, 5) is 0. The van der Waals surface area contributed by atoms with E-state index in [0.29, 0.717) is 5.31 Å². The smallest absolute Gasteiger partial charge is 0.309 e. The number of benzene rings is 1. The Kier molecular flexibility index (Phi) is 4.73. The highest BCUT2D eigenvalue weighted by molar-refractivity contribution is 7.65. The Morgan fingerprint density at radius 2 is 1.56 bits per heavy atom. The molecule has 0 aliphatic heterocycles. The van der Waals surface area contributed by atoms with E-state index in [1.807, 2.05) is 12.1 Å². The van der Waals surface area contributed by atoms with Gasteiger partial charge in [-0.3, -0.25) is 4.57 Å². The van der Waals surface area contributed by atoms with Crippen molar-refractivity contribution in [2.45, 2.75) is 19.6 Å². The molecule has 0 saturated heterocycles. The van der Waals surface area contributed by atoms with Crippen molar-refractivity contribution in [1.29, 1.82) is 0 Å². The van der Waals surface area contributed by atoms with Crippen LogP contribution in [0, 0.1) is 0 Å². The van der Waals surface area contributed by atoms with E-state index >= 15 is 0 Å². The molecule has 0 amide bonds. The molecule has 0 bridgehead atoms. The lowest BCUT2D eigenvalue weighted by Crippen LogP contribution is -2.37. The van der Waals surface area contributed by atoms with Crippen LogP contribution in [-0.2, 0) is 13.6 Å². The van der Waals surface area contributed by atoms with Gasteiger partial charge in [0, 0.05) is 14.2 Å². The molecule has 0 heterocycles. The van der Waals surface area contributed by atoms with Crippen molar-refractivity contribution in [3.05, 3.63) is 36.4 Å². The van der Waals surface area contributed by atoms with E-state index in [1.54, 1.807) is 0 Å². The van der Waals surface area contributed by atoms with Crippen LogP contribution in [0.3, 0.4) is 0 Å². The zero-order chi connectivity index (χ0) is 14.0. The summed E-state index contributed by atoms with van der Waals surface area (Å²) in [6, 6.07) is 8.01. The zero-order valence-corrected chi connectivity index (χ0v) is 13.6. The summed E-state index contributed by atoms with van der Waals surface area (Å²) in [7, 11) is -1.81. The van der Waals surface area contributed by atoms with Crippen LogP contribution in [0.25, 0.3) is 5.31 Å². The molecule has 0 aromatic heterocycles. The molecular formula is C13H21O3PSi. The van der Waals surface area contributed by atoms with E-state index in [9.17, 15) is 4.57 Å². The van der Waals surface area contributed by atoms with Crippen LogP contribution in [0.15, 0.2) is 30.8 Å². The van der Waals surface area contributed by atoms with Gasteiger partial charge in [0.15, 0.2) is 0 Å². The van der Waals surface area contributed by atoms with Crippen LogP contribution >= 0.6 is 7.60 Å². The molecule has 0 radical (unpaired) electrons. The molecule has 1 rings (SSSR count). The average molecular weight is 284 g/mol. The molecular weight excluding hydrogens is 263 g/mol. The van der Waals surface area contributed by atoms with Gasteiger partial charge in [-0.1, -0.05) is 55.7 Å². The van der Waals surface area contributed by atoms with Crippen molar-refractivity contribution in [3.63, 3.8) is 0 Å². The van der Waals surface area contributed by atoms with Gasteiger partial charge >= 0.3 is 7.60 Å². The molecule has 0 unspecified atom stereocenters. The quantitative estimate of drug-likeness (QED) is 0.611. The minimum atomic E-state index is -3.23. The molecule has 18 heavy (non-hydrogen) atoms. The fourth-order valence-electron chi connectivity index (χ4n) is 1.62. The normalized spacial score (nSPS) is 12.5. The molecule has 0 saturated carbocycles. The molecule has 100 valence electrons. The monoisotopic (exact) mass is 284 g/mol. The van der Waals surface area contributed by atoms with E-state index in [1.165, 1.54) is 19.4 Å². The summed E-state index contributed by atoms with van der Waals surface area (Å²) in [5.74, 6) is 0. The third kappa shape index (κ3) is 3.21. The molecule has 1 aromatic carbocycles. The predicted molar refractivity (Wildman–Crippen MR) is 80.1 cm³/mol. The molecule has 5 heteroatoms. The Hall–Kier alpha value is -0.673. The van der Waals surface area contributed by atoms with E-state index in [-0.39, 0.29) is 0 Å². The van der Waals surface area contributed by atoms with Crippen LogP contribution in [0.2, 0.25) is 19.6 Å². The zero-order valence-electron chi connectivity index (χ0n) is 11.7. The predicted octanol–water partition coefficient (Wildman–Crippen LogP) is 3.69. The van der Waals surface area contributed by atoms with Crippen LogP contribution in [0.4, 0.5) is 0 Å². The third-order valence-corrected chi connectivity index (χ3v) is 6.84. The lowest BCUT2D eigenvalue weighted by Gasteiger charge is -2.19. The minimum absolute atomic E-state index is 0.398. The Morgan fingerprint density at radius 1 is 1.11 bits per heavy atom. The fourth-order valence-corrected chi connectivity index (χ4v) is 3.84. The first kappa shape index (κ1) is 15.4. The molecule has 0 atom stereocenters. The van der Waals surface area contributed by atoms with Gasteiger partial charge in [0.2, 0.25) is 0 Å². The highest BCUT2D eigenvalue weighted by Crippen LogP contribution is 2.58. The second kappa shape index (κ2) is 5.53. The third-order valence-electron chi connectivity index (χ3n) is 2.90. The van der Waals surface area contributed by atoms with Crippen molar-refractivity contribution in [3.8, 4) is 0 Å². The summed E-state index contributed by atoms with van der Waals surface area (Å²) < 4.78 is 22.1. The second-order valence-corrected chi connectivity index (χ2v) is 12.5. The Morgan fingerprint density at radius 3 is 1.89 bits per heavy atom. The van der Waals surface area contributed by atoms with Gasteiger partial charge in [-0.25, -0.2) is 0 Å². The Bertz CT molecular complexity index is 466. The number of hydrogen-bond donors (Lipinski definition) is 0. The van der Waals surface area contributed by atoms with Crippen LogP contribution < -0.4 is 5.19 Å². The van der Waals surface area contributed by atoms with Gasteiger partial charge in [-0.15, -0.1) is 0 Å². The van der Waals surface area contributed by atoms with Gasteiger partial charge < -0.3 is 9.05 Å². The van der Waals surface area contributed by atoms with Crippen molar-refractivity contribution < 1.29 is 13.6 Å². The highest BCUT2D eigenvalue weighted by atomic mass is 31.2. The van der Waals surface area contributed by atoms with Crippen molar-refractivity contribution in [2.75, 3.05) is 14.2 Å². The van der Waals surface area contributed by atoms with Crippen molar-refractivity contribution in [1.82, 2.24) is 0 Å². The lowest BCUT2D eigenvalue weighted by atomic mass is 10.2. The largest absolute Gasteiger partial charge is 0.360 e. The number of hydrogen-bond acceptors (Lipinski definition) is 3. The SMILES string of the molecule is C=C(c1ccc([Si](C)(C)C)cc1)P(=O)(OC)OC. The maximum absolute atomic E-state index is 12.2. The second-order valence-electron chi connectivity index (χ2n) is 5.14. The van der Waals surface area contributed by atoms with E-state index in [4.69, 9.17) is 9.05 Å². The van der Waals surface area contributed by atoms with E-state index in [0.717, 1.165) is 5.56 Å². The minimum Gasteiger partial charge on any atom is -0.309 e. The average Bonchev–Trinajstić information content (AvgIpc) is 2.36. The van der Waals surface area contributed by atoms with Crippen molar-refractivity contribution in [2.24, 2.45) is 0 Å². The van der Waals surface area contributed by atoms with E-state index in [2.05, 4.69) is 38.4 Å². The maximum atomic E-state index is 12.2. The molecule has 0 spiro atoms. The van der Waals surface area contributed by atoms with Gasteiger partial charge in [0.25, 0.3) is 0 Å². The molecule has 1 aromatic rings. The summed E-state index contributed by atoms with van der Waals surface area (Å²) in [6.45, 7) is 10.7. The molecule has 0 aliphatic carbocycles. The molecule has 0 fully saturated rings. The molecule has 3 nitrogen and oxygen atoms in total. The summed E-state index contributed by atoms with van der Waals surface area (Å²) in [5.41, 5.74) is 0.795. The van der Waals surface area contributed by atoms with Crippen LogP contribution in [0.1, 0.15) is 5.56 Å². The summed E-state index contributed by atoms with van der Waals surface area (Å²) >= 11 is 0. The van der Waals surface area contributed by atoms with Crippen LogP contribution in [-0.4, -0.2) is 22.3 Å². The Balaban J connectivity index is 3.07. The Labute approximate surface area is 110 Å². The van der Waals surface area contributed by atoms with Gasteiger partial charge in [-0.05, 0) is 5.56 Å². The van der Waals surface area contributed by atoms with Gasteiger partial charge in [0.05, 0.1) is 13.4 Å². The molecule has 0 N–H and O–H groups in total. The van der Waals surface area contributed by atoms with E-state index < -0.39 is 15.7 Å². The maximum Gasteiger partial charge on any atom is 0.360 e. The molecule has 0 aliphatic rings. The first-order chi connectivity index (χ1) is 8.24. The first-order valence-electron chi connectivity index (χ1n) is 5.76.